The van der Waals surface area contributed by atoms with Crippen LogP contribution in [0.25, 0.3) is 0 Å². The molecule has 0 aromatic heterocycles. The molecule has 0 saturated carbocycles. The lowest BCUT2D eigenvalue weighted by atomic mass is 10.1. The van der Waals surface area contributed by atoms with Crippen molar-refractivity contribution in [1.82, 2.24) is 5.32 Å². The van der Waals surface area contributed by atoms with E-state index in [0.29, 0.717) is 16.9 Å². The van der Waals surface area contributed by atoms with Gasteiger partial charge >= 0.3 is 6.18 Å². The van der Waals surface area contributed by atoms with Gasteiger partial charge in [0.25, 0.3) is 5.91 Å². The molecule has 10 heteroatoms. The van der Waals surface area contributed by atoms with Crippen LogP contribution in [-0.4, -0.2) is 35.7 Å². The predicted octanol–water partition coefficient (Wildman–Crippen LogP) is 4.36. The topological polar surface area (TPSA) is 87.3 Å². The molecule has 0 aliphatic rings. The molecule has 0 heterocycles. The molecule has 0 saturated heterocycles. The minimum atomic E-state index is -4.51. The molecule has 31 heavy (non-hydrogen) atoms. The number of benzene rings is 2. The van der Waals surface area contributed by atoms with Crippen molar-refractivity contribution in [2.75, 3.05) is 17.2 Å². The van der Waals surface area contributed by atoms with Gasteiger partial charge in [0.1, 0.15) is 6.54 Å². The standard InChI is InChI=1S/C21H22F3N3O3S/c1-12-4-5-15(20(30)25-11-21(22,23)24)10-18(12)27-19(29)13(2)31-17-8-6-16(7-9-17)26-14(3)28/h4-10,13H,11H2,1-3H3,(H,25,30)(H,26,28)(H,27,29). The highest BCUT2D eigenvalue weighted by Crippen LogP contribution is 2.26. The first-order chi connectivity index (χ1) is 14.4. The minimum absolute atomic E-state index is 0.0130. The Morgan fingerprint density at radius 1 is 1.03 bits per heavy atom. The van der Waals surface area contributed by atoms with Gasteiger partial charge in [0.15, 0.2) is 0 Å². The average Bonchev–Trinajstić information content (AvgIpc) is 2.68. The molecule has 166 valence electrons. The summed E-state index contributed by atoms with van der Waals surface area (Å²) in [7, 11) is 0. The van der Waals surface area contributed by atoms with E-state index in [1.54, 1.807) is 49.5 Å². The Bertz CT molecular complexity index is 963. The Morgan fingerprint density at radius 3 is 2.26 bits per heavy atom. The second-order valence-electron chi connectivity index (χ2n) is 6.78. The first-order valence-electron chi connectivity index (χ1n) is 9.25. The van der Waals surface area contributed by atoms with Gasteiger partial charge < -0.3 is 16.0 Å². The molecule has 2 aromatic carbocycles. The molecule has 3 amide bonds. The van der Waals surface area contributed by atoms with Crippen LogP contribution in [0.3, 0.4) is 0 Å². The number of anilines is 2. The lowest BCUT2D eigenvalue weighted by molar-refractivity contribution is -0.123. The van der Waals surface area contributed by atoms with Crippen molar-refractivity contribution in [3.05, 3.63) is 53.6 Å². The molecule has 0 aliphatic carbocycles. The zero-order valence-electron chi connectivity index (χ0n) is 17.1. The Balaban J connectivity index is 2.01. The minimum Gasteiger partial charge on any atom is -0.343 e. The van der Waals surface area contributed by atoms with E-state index in [2.05, 4.69) is 10.6 Å². The number of hydrogen-bond acceptors (Lipinski definition) is 4. The molecule has 0 spiro atoms. The third-order valence-electron chi connectivity index (χ3n) is 4.06. The molecular weight excluding hydrogens is 431 g/mol. The SMILES string of the molecule is CC(=O)Nc1ccc(SC(C)C(=O)Nc2cc(C(=O)NCC(F)(F)F)ccc2C)cc1. The number of thioether (sulfide) groups is 1. The number of amides is 3. The summed E-state index contributed by atoms with van der Waals surface area (Å²) in [5, 5.41) is 6.68. The van der Waals surface area contributed by atoms with Gasteiger partial charge in [-0.05, 0) is 55.8 Å². The zero-order valence-corrected chi connectivity index (χ0v) is 17.9. The van der Waals surface area contributed by atoms with Crippen molar-refractivity contribution >= 4 is 40.9 Å². The highest BCUT2D eigenvalue weighted by Gasteiger charge is 2.28. The Hall–Kier alpha value is -3.01. The third-order valence-corrected chi connectivity index (χ3v) is 5.18. The van der Waals surface area contributed by atoms with Crippen LogP contribution in [0.15, 0.2) is 47.4 Å². The molecule has 1 atom stereocenters. The fourth-order valence-electron chi connectivity index (χ4n) is 2.49. The fraction of sp³-hybridized carbons (Fsp3) is 0.286. The van der Waals surface area contributed by atoms with Gasteiger partial charge in [0.05, 0.1) is 5.25 Å². The summed E-state index contributed by atoms with van der Waals surface area (Å²) in [5.74, 6) is -1.39. The molecule has 6 nitrogen and oxygen atoms in total. The number of aryl methyl sites for hydroxylation is 1. The normalized spacial score (nSPS) is 12.1. The summed E-state index contributed by atoms with van der Waals surface area (Å²) in [6, 6.07) is 11.3. The molecule has 3 N–H and O–H groups in total. The summed E-state index contributed by atoms with van der Waals surface area (Å²) < 4.78 is 36.9. The first-order valence-corrected chi connectivity index (χ1v) is 10.1. The molecule has 0 aliphatic heterocycles. The summed E-state index contributed by atoms with van der Waals surface area (Å²) in [4.78, 5) is 36.4. The molecule has 2 rings (SSSR count). The fourth-order valence-corrected chi connectivity index (χ4v) is 3.36. The van der Waals surface area contributed by atoms with Crippen molar-refractivity contribution in [3.8, 4) is 0 Å². The third kappa shape index (κ3) is 7.97. The Kier molecular flexibility index (Phi) is 8.09. The van der Waals surface area contributed by atoms with E-state index < -0.39 is 23.9 Å². The number of alkyl halides is 3. The van der Waals surface area contributed by atoms with Crippen LogP contribution in [0.1, 0.15) is 29.8 Å². The average molecular weight is 453 g/mol. The van der Waals surface area contributed by atoms with Gasteiger partial charge in [-0.3, -0.25) is 14.4 Å². The zero-order chi connectivity index (χ0) is 23.2. The van der Waals surface area contributed by atoms with Gasteiger partial charge in [-0.2, -0.15) is 13.2 Å². The maximum atomic E-state index is 12.6. The van der Waals surface area contributed by atoms with Crippen molar-refractivity contribution in [2.45, 2.75) is 37.1 Å². The summed E-state index contributed by atoms with van der Waals surface area (Å²) >= 11 is 1.30. The number of hydrogen-bond donors (Lipinski definition) is 3. The monoisotopic (exact) mass is 453 g/mol. The molecular formula is C21H22F3N3O3S. The lowest BCUT2D eigenvalue weighted by Crippen LogP contribution is -2.33. The highest BCUT2D eigenvalue weighted by atomic mass is 32.2. The van der Waals surface area contributed by atoms with Crippen molar-refractivity contribution in [2.24, 2.45) is 0 Å². The summed E-state index contributed by atoms with van der Waals surface area (Å²) in [5.41, 5.74) is 1.67. The van der Waals surface area contributed by atoms with Crippen LogP contribution >= 0.6 is 11.8 Å². The molecule has 0 radical (unpaired) electrons. The molecule has 0 bridgehead atoms. The van der Waals surface area contributed by atoms with Crippen LogP contribution in [0.4, 0.5) is 24.5 Å². The van der Waals surface area contributed by atoms with Crippen molar-refractivity contribution < 1.29 is 27.6 Å². The second kappa shape index (κ2) is 10.3. The number of halogens is 3. The van der Waals surface area contributed by atoms with Crippen LogP contribution in [0.2, 0.25) is 0 Å². The van der Waals surface area contributed by atoms with Crippen molar-refractivity contribution in [3.63, 3.8) is 0 Å². The maximum Gasteiger partial charge on any atom is 0.405 e. The summed E-state index contributed by atoms with van der Waals surface area (Å²) in [6.45, 7) is 3.39. The number of carbonyl (C=O) groups is 3. The molecule has 1 unspecified atom stereocenters. The van der Waals surface area contributed by atoms with E-state index in [0.717, 1.165) is 4.90 Å². The quantitative estimate of drug-likeness (QED) is 0.544. The Labute approximate surface area is 182 Å². The molecule has 2 aromatic rings. The number of rotatable bonds is 7. The van der Waals surface area contributed by atoms with E-state index in [9.17, 15) is 27.6 Å². The van der Waals surface area contributed by atoms with Gasteiger partial charge in [-0.1, -0.05) is 6.07 Å². The van der Waals surface area contributed by atoms with Gasteiger partial charge in [-0.25, -0.2) is 0 Å². The van der Waals surface area contributed by atoms with Crippen LogP contribution in [0, 0.1) is 6.92 Å². The lowest BCUT2D eigenvalue weighted by Gasteiger charge is -2.15. The maximum absolute atomic E-state index is 12.6. The predicted molar refractivity (Wildman–Crippen MR) is 114 cm³/mol. The summed E-state index contributed by atoms with van der Waals surface area (Å²) in [6.07, 6.45) is -4.51. The largest absolute Gasteiger partial charge is 0.405 e. The van der Waals surface area contributed by atoms with E-state index in [4.69, 9.17) is 0 Å². The smallest absolute Gasteiger partial charge is 0.343 e. The van der Waals surface area contributed by atoms with Gasteiger partial charge in [0, 0.05) is 28.8 Å². The first kappa shape index (κ1) is 24.3. The second-order valence-corrected chi connectivity index (χ2v) is 8.20. The highest BCUT2D eigenvalue weighted by molar-refractivity contribution is 8.00. The van der Waals surface area contributed by atoms with E-state index in [-0.39, 0.29) is 17.4 Å². The number of carbonyl (C=O) groups excluding carboxylic acids is 3. The van der Waals surface area contributed by atoms with Gasteiger partial charge in [-0.15, -0.1) is 11.8 Å². The van der Waals surface area contributed by atoms with Crippen LogP contribution in [-0.2, 0) is 9.59 Å². The van der Waals surface area contributed by atoms with Gasteiger partial charge in [0.2, 0.25) is 11.8 Å². The number of nitrogens with one attached hydrogen (secondary N) is 3. The van der Waals surface area contributed by atoms with Crippen LogP contribution < -0.4 is 16.0 Å². The van der Waals surface area contributed by atoms with Crippen molar-refractivity contribution in [1.29, 1.82) is 0 Å². The van der Waals surface area contributed by atoms with Crippen LogP contribution in [0.5, 0.6) is 0 Å². The van der Waals surface area contributed by atoms with E-state index in [1.165, 1.54) is 30.8 Å². The Morgan fingerprint density at radius 2 is 1.68 bits per heavy atom. The van der Waals surface area contributed by atoms with E-state index >= 15 is 0 Å². The van der Waals surface area contributed by atoms with E-state index in [1.807, 2.05) is 0 Å². The molecule has 0 fully saturated rings.